The summed E-state index contributed by atoms with van der Waals surface area (Å²) in [7, 11) is 4.74. The summed E-state index contributed by atoms with van der Waals surface area (Å²) in [4.78, 5) is 25.9. The SMILES string of the molecule is COc1ccccc1N(C)C(=O)N(C)CC(C)C(=O)O. The van der Waals surface area contributed by atoms with Gasteiger partial charge in [0.25, 0.3) is 0 Å². The van der Waals surface area contributed by atoms with Crippen LogP contribution in [0.3, 0.4) is 0 Å². The van der Waals surface area contributed by atoms with Crippen molar-refractivity contribution in [3.05, 3.63) is 24.3 Å². The first kappa shape index (κ1) is 15.8. The molecule has 0 aliphatic heterocycles. The molecule has 1 N–H and O–H groups in total. The van der Waals surface area contributed by atoms with E-state index >= 15 is 0 Å². The van der Waals surface area contributed by atoms with Gasteiger partial charge in [-0.3, -0.25) is 9.69 Å². The molecule has 1 unspecified atom stereocenters. The molecule has 6 nitrogen and oxygen atoms in total. The topological polar surface area (TPSA) is 70.1 Å². The highest BCUT2D eigenvalue weighted by atomic mass is 16.5. The van der Waals surface area contributed by atoms with Gasteiger partial charge in [0, 0.05) is 20.6 Å². The number of carbonyl (C=O) groups is 2. The van der Waals surface area contributed by atoms with Gasteiger partial charge in [-0.05, 0) is 12.1 Å². The van der Waals surface area contributed by atoms with Gasteiger partial charge in [0.15, 0.2) is 0 Å². The van der Waals surface area contributed by atoms with E-state index in [4.69, 9.17) is 9.84 Å². The number of amides is 2. The van der Waals surface area contributed by atoms with E-state index in [0.717, 1.165) is 0 Å². The lowest BCUT2D eigenvalue weighted by atomic mass is 10.2. The lowest BCUT2D eigenvalue weighted by Crippen LogP contribution is -2.42. The Morgan fingerprint density at radius 3 is 2.45 bits per heavy atom. The summed E-state index contributed by atoms with van der Waals surface area (Å²) in [6, 6.07) is 6.87. The van der Waals surface area contributed by atoms with Crippen LogP contribution >= 0.6 is 0 Å². The Bertz CT molecular complexity index is 490. The highest BCUT2D eigenvalue weighted by Gasteiger charge is 2.22. The third-order valence-electron chi connectivity index (χ3n) is 3.03. The Hall–Kier alpha value is -2.24. The molecule has 2 amide bonds. The molecule has 0 aliphatic carbocycles. The first-order valence-electron chi connectivity index (χ1n) is 6.23. The van der Waals surface area contributed by atoms with E-state index in [1.807, 2.05) is 12.1 Å². The normalized spacial score (nSPS) is 11.6. The summed E-state index contributed by atoms with van der Waals surface area (Å²) in [6.45, 7) is 1.71. The third kappa shape index (κ3) is 3.63. The van der Waals surface area contributed by atoms with Crippen molar-refractivity contribution < 1.29 is 19.4 Å². The summed E-state index contributed by atoms with van der Waals surface area (Å²) < 4.78 is 5.21. The fraction of sp³-hybridized carbons (Fsp3) is 0.429. The summed E-state index contributed by atoms with van der Waals surface area (Å²) in [5, 5.41) is 8.88. The van der Waals surface area contributed by atoms with E-state index in [2.05, 4.69) is 0 Å². The molecule has 1 atom stereocenters. The molecule has 6 heteroatoms. The first-order valence-corrected chi connectivity index (χ1v) is 6.23. The van der Waals surface area contributed by atoms with Crippen LogP contribution in [0.4, 0.5) is 10.5 Å². The van der Waals surface area contributed by atoms with Crippen LogP contribution in [-0.4, -0.2) is 49.8 Å². The number of nitrogens with zero attached hydrogens (tertiary/aromatic N) is 2. The number of carboxylic acids is 1. The zero-order chi connectivity index (χ0) is 15.3. The first-order chi connectivity index (χ1) is 9.38. The molecular formula is C14H20N2O4. The standard InChI is InChI=1S/C14H20N2O4/c1-10(13(17)18)9-15(2)14(19)16(3)11-7-5-6-8-12(11)20-4/h5-8,10H,9H2,1-4H3,(H,17,18). The lowest BCUT2D eigenvalue weighted by molar-refractivity contribution is -0.141. The number of aliphatic carboxylic acids is 1. The predicted molar refractivity (Wildman–Crippen MR) is 76.2 cm³/mol. The van der Waals surface area contributed by atoms with E-state index in [0.29, 0.717) is 11.4 Å². The molecule has 1 aromatic rings. The summed E-state index contributed by atoms with van der Waals surface area (Å²) in [6.07, 6.45) is 0. The molecule has 0 bridgehead atoms. The Morgan fingerprint density at radius 1 is 1.30 bits per heavy atom. The van der Waals surface area contributed by atoms with Gasteiger partial charge in [0.1, 0.15) is 5.75 Å². The average molecular weight is 280 g/mol. The lowest BCUT2D eigenvalue weighted by Gasteiger charge is -2.27. The van der Waals surface area contributed by atoms with Crippen molar-refractivity contribution in [3.8, 4) is 5.75 Å². The van der Waals surface area contributed by atoms with Crippen molar-refractivity contribution in [2.24, 2.45) is 5.92 Å². The second kappa shape index (κ2) is 6.79. The molecule has 110 valence electrons. The molecule has 0 fully saturated rings. The summed E-state index contributed by atoms with van der Waals surface area (Å²) in [5.74, 6) is -0.956. The highest BCUT2D eigenvalue weighted by Crippen LogP contribution is 2.27. The second-order valence-corrected chi connectivity index (χ2v) is 4.63. The molecular weight excluding hydrogens is 260 g/mol. The highest BCUT2D eigenvalue weighted by molar-refractivity contribution is 5.93. The van der Waals surface area contributed by atoms with Crippen molar-refractivity contribution in [1.82, 2.24) is 4.90 Å². The van der Waals surface area contributed by atoms with Crippen molar-refractivity contribution >= 4 is 17.7 Å². The van der Waals surface area contributed by atoms with E-state index in [9.17, 15) is 9.59 Å². The van der Waals surface area contributed by atoms with Gasteiger partial charge < -0.3 is 14.7 Å². The molecule has 0 saturated carbocycles. The Morgan fingerprint density at radius 2 is 1.90 bits per heavy atom. The fourth-order valence-electron chi connectivity index (χ4n) is 1.83. The maximum atomic E-state index is 12.3. The van der Waals surface area contributed by atoms with E-state index < -0.39 is 11.9 Å². The van der Waals surface area contributed by atoms with Crippen molar-refractivity contribution in [1.29, 1.82) is 0 Å². The van der Waals surface area contributed by atoms with Crippen LogP contribution in [0.1, 0.15) is 6.92 Å². The van der Waals surface area contributed by atoms with Crippen LogP contribution in [0.2, 0.25) is 0 Å². The van der Waals surface area contributed by atoms with Crippen molar-refractivity contribution in [3.63, 3.8) is 0 Å². The molecule has 0 spiro atoms. The molecule has 0 aliphatic rings. The van der Waals surface area contributed by atoms with Crippen molar-refractivity contribution in [2.45, 2.75) is 6.92 Å². The zero-order valence-electron chi connectivity index (χ0n) is 12.2. The number of anilines is 1. The number of hydrogen-bond donors (Lipinski definition) is 1. The van der Waals surface area contributed by atoms with Crippen LogP contribution in [0.15, 0.2) is 24.3 Å². The Balaban J connectivity index is 2.83. The molecule has 0 radical (unpaired) electrons. The number of benzene rings is 1. The van der Waals surface area contributed by atoms with Crippen molar-refractivity contribution in [2.75, 3.05) is 32.6 Å². The number of ether oxygens (including phenoxy) is 1. The number of hydrogen-bond acceptors (Lipinski definition) is 3. The average Bonchev–Trinajstić information content (AvgIpc) is 2.45. The number of carbonyl (C=O) groups excluding carboxylic acids is 1. The molecule has 1 aromatic carbocycles. The maximum Gasteiger partial charge on any atom is 0.324 e. The van der Waals surface area contributed by atoms with E-state index in [-0.39, 0.29) is 12.6 Å². The largest absolute Gasteiger partial charge is 0.495 e. The third-order valence-corrected chi connectivity index (χ3v) is 3.03. The molecule has 1 rings (SSSR count). The van der Waals surface area contributed by atoms with Gasteiger partial charge in [0.2, 0.25) is 0 Å². The predicted octanol–water partition coefficient (Wildman–Crippen LogP) is 1.90. The van der Waals surface area contributed by atoms with Crippen LogP contribution < -0.4 is 9.64 Å². The van der Waals surface area contributed by atoms with E-state index in [1.165, 1.54) is 16.9 Å². The van der Waals surface area contributed by atoms with Crippen LogP contribution in [0.5, 0.6) is 5.75 Å². The smallest absolute Gasteiger partial charge is 0.324 e. The van der Waals surface area contributed by atoms with Gasteiger partial charge in [-0.2, -0.15) is 0 Å². The molecule has 20 heavy (non-hydrogen) atoms. The minimum absolute atomic E-state index is 0.146. The maximum absolute atomic E-state index is 12.3. The van der Waals surface area contributed by atoms with E-state index in [1.54, 1.807) is 33.2 Å². The zero-order valence-corrected chi connectivity index (χ0v) is 12.2. The van der Waals surface area contributed by atoms with Crippen LogP contribution in [-0.2, 0) is 4.79 Å². The van der Waals surface area contributed by atoms with Gasteiger partial charge in [-0.25, -0.2) is 4.79 Å². The van der Waals surface area contributed by atoms with Crippen LogP contribution in [0, 0.1) is 5.92 Å². The van der Waals surface area contributed by atoms with Gasteiger partial charge in [-0.15, -0.1) is 0 Å². The summed E-state index contributed by atoms with van der Waals surface area (Å²) >= 11 is 0. The summed E-state index contributed by atoms with van der Waals surface area (Å²) in [5.41, 5.74) is 0.634. The Kier molecular flexibility index (Phi) is 5.37. The minimum Gasteiger partial charge on any atom is -0.495 e. The second-order valence-electron chi connectivity index (χ2n) is 4.63. The number of rotatable bonds is 5. The number of methoxy groups -OCH3 is 1. The van der Waals surface area contributed by atoms with Crippen LogP contribution in [0.25, 0.3) is 0 Å². The molecule has 0 heterocycles. The minimum atomic E-state index is -0.926. The monoisotopic (exact) mass is 280 g/mol. The number of carboxylic acid groups (broad SMARTS) is 1. The number of para-hydroxylation sites is 2. The van der Waals surface area contributed by atoms with Gasteiger partial charge in [0.05, 0.1) is 18.7 Å². The molecule has 0 aromatic heterocycles. The van der Waals surface area contributed by atoms with Gasteiger partial charge in [-0.1, -0.05) is 19.1 Å². The number of urea groups is 1. The van der Waals surface area contributed by atoms with Gasteiger partial charge >= 0.3 is 12.0 Å². The fourth-order valence-corrected chi connectivity index (χ4v) is 1.83. The molecule has 0 saturated heterocycles. The Labute approximate surface area is 118 Å². The quantitative estimate of drug-likeness (QED) is 0.894.